The Bertz CT molecular complexity index is 875. The van der Waals surface area contributed by atoms with Crippen molar-refractivity contribution in [2.45, 2.75) is 13.1 Å². The summed E-state index contributed by atoms with van der Waals surface area (Å²) in [5.41, 5.74) is 1.44. The van der Waals surface area contributed by atoms with Gasteiger partial charge in [0, 0.05) is 38.3 Å². The predicted octanol–water partition coefficient (Wildman–Crippen LogP) is 1.86. The number of nitrogens with zero attached hydrogens (tertiary/aromatic N) is 2. The molecule has 0 unspecified atom stereocenters. The van der Waals surface area contributed by atoms with Gasteiger partial charge in [0.25, 0.3) is 5.91 Å². The molecule has 142 valence electrons. The van der Waals surface area contributed by atoms with E-state index < -0.39 is 11.6 Å². The molecular formula is C18H19F2N5O2. The van der Waals surface area contributed by atoms with Gasteiger partial charge in [-0.2, -0.15) is 0 Å². The molecule has 0 aliphatic carbocycles. The number of anilines is 1. The summed E-state index contributed by atoms with van der Waals surface area (Å²) in [4.78, 5) is 29.5. The summed E-state index contributed by atoms with van der Waals surface area (Å²) in [6.07, 6.45) is 0. The van der Waals surface area contributed by atoms with Crippen LogP contribution in [0.2, 0.25) is 0 Å². The summed E-state index contributed by atoms with van der Waals surface area (Å²) in [7, 11) is 1.52. The first-order valence-electron chi connectivity index (χ1n) is 8.40. The van der Waals surface area contributed by atoms with Crippen LogP contribution in [0.25, 0.3) is 0 Å². The maximum absolute atomic E-state index is 13.7. The molecule has 0 radical (unpaired) electrons. The second-order valence-electron chi connectivity index (χ2n) is 6.01. The summed E-state index contributed by atoms with van der Waals surface area (Å²) in [5.74, 6) is -0.909. The number of nitrogens with one attached hydrogen (secondary N) is 3. The topological polar surface area (TPSA) is 86.4 Å². The van der Waals surface area contributed by atoms with E-state index in [1.807, 2.05) is 0 Å². The van der Waals surface area contributed by atoms with Crippen LogP contribution < -0.4 is 16.0 Å². The molecule has 0 spiro atoms. The second-order valence-corrected chi connectivity index (χ2v) is 6.01. The summed E-state index contributed by atoms with van der Waals surface area (Å²) in [5, 5.41) is 8.04. The summed E-state index contributed by atoms with van der Waals surface area (Å²) >= 11 is 0. The molecule has 1 aliphatic heterocycles. The first-order valence-corrected chi connectivity index (χ1v) is 8.40. The van der Waals surface area contributed by atoms with E-state index in [0.717, 1.165) is 6.07 Å². The lowest BCUT2D eigenvalue weighted by atomic mass is 10.2. The molecule has 3 amide bonds. The fourth-order valence-corrected chi connectivity index (χ4v) is 2.76. The number of fused-ring (bicyclic) bond motifs is 1. The Morgan fingerprint density at radius 1 is 1.26 bits per heavy atom. The molecular weight excluding hydrogens is 356 g/mol. The minimum absolute atomic E-state index is 0.144. The Morgan fingerprint density at radius 2 is 2.07 bits per heavy atom. The lowest BCUT2D eigenvalue weighted by Crippen LogP contribution is -2.39. The maximum atomic E-state index is 13.7. The quantitative estimate of drug-likeness (QED) is 0.719. The van der Waals surface area contributed by atoms with E-state index >= 15 is 0 Å². The largest absolute Gasteiger partial charge is 0.366 e. The normalized spacial score (nSPS) is 12.7. The minimum atomic E-state index is -0.631. The highest BCUT2D eigenvalue weighted by Gasteiger charge is 2.28. The molecule has 9 heteroatoms. The van der Waals surface area contributed by atoms with Crippen molar-refractivity contribution in [1.82, 2.24) is 20.5 Å². The lowest BCUT2D eigenvalue weighted by Gasteiger charge is -2.15. The van der Waals surface area contributed by atoms with Gasteiger partial charge in [-0.25, -0.2) is 18.6 Å². The van der Waals surface area contributed by atoms with Gasteiger partial charge in [-0.15, -0.1) is 0 Å². The molecule has 0 atom stereocenters. The molecule has 2 heterocycles. The van der Waals surface area contributed by atoms with Gasteiger partial charge in [0.05, 0.1) is 17.8 Å². The molecule has 1 aliphatic rings. The Morgan fingerprint density at radius 3 is 2.81 bits per heavy atom. The van der Waals surface area contributed by atoms with Gasteiger partial charge in [0.15, 0.2) is 0 Å². The zero-order chi connectivity index (χ0) is 19.4. The number of halogens is 2. The smallest absolute Gasteiger partial charge is 0.314 e. The zero-order valence-corrected chi connectivity index (χ0v) is 14.7. The number of amides is 3. The third-order valence-electron chi connectivity index (χ3n) is 4.20. The van der Waals surface area contributed by atoms with Gasteiger partial charge in [-0.3, -0.25) is 4.79 Å². The van der Waals surface area contributed by atoms with E-state index in [-0.39, 0.29) is 18.5 Å². The average molecular weight is 375 g/mol. The van der Waals surface area contributed by atoms with E-state index in [9.17, 15) is 18.4 Å². The van der Waals surface area contributed by atoms with Crippen LogP contribution >= 0.6 is 0 Å². The number of carbonyl (C=O) groups is 2. The Balaban J connectivity index is 1.60. The number of urea groups is 1. The zero-order valence-electron chi connectivity index (χ0n) is 14.7. The number of hydrogen-bond acceptors (Lipinski definition) is 4. The van der Waals surface area contributed by atoms with Crippen LogP contribution in [0.1, 0.15) is 21.6 Å². The van der Waals surface area contributed by atoms with Crippen molar-refractivity contribution < 1.29 is 18.4 Å². The van der Waals surface area contributed by atoms with E-state index in [1.165, 1.54) is 19.2 Å². The van der Waals surface area contributed by atoms with Crippen LogP contribution in [-0.4, -0.2) is 42.0 Å². The molecule has 0 fully saturated rings. The first-order chi connectivity index (χ1) is 13.0. The highest BCUT2D eigenvalue weighted by Crippen LogP contribution is 2.23. The number of carbonyl (C=O) groups excluding carboxylic acids is 2. The van der Waals surface area contributed by atoms with E-state index in [1.54, 1.807) is 17.0 Å². The minimum Gasteiger partial charge on any atom is -0.366 e. The molecule has 3 N–H and O–H groups in total. The predicted molar refractivity (Wildman–Crippen MR) is 95.1 cm³/mol. The van der Waals surface area contributed by atoms with E-state index in [4.69, 9.17) is 0 Å². The summed E-state index contributed by atoms with van der Waals surface area (Å²) in [6, 6.07) is 6.40. The van der Waals surface area contributed by atoms with Crippen molar-refractivity contribution in [1.29, 1.82) is 0 Å². The van der Waals surface area contributed by atoms with E-state index in [2.05, 4.69) is 20.9 Å². The van der Waals surface area contributed by atoms with Gasteiger partial charge >= 0.3 is 6.03 Å². The fourth-order valence-electron chi connectivity index (χ4n) is 2.76. The Labute approximate surface area is 154 Å². The van der Waals surface area contributed by atoms with Gasteiger partial charge in [-0.05, 0) is 18.2 Å². The van der Waals surface area contributed by atoms with Gasteiger partial charge < -0.3 is 20.9 Å². The number of hydrogen-bond donors (Lipinski definition) is 3. The first kappa shape index (κ1) is 18.6. The van der Waals surface area contributed by atoms with Crippen molar-refractivity contribution in [2.24, 2.45) is 0 Å². The van der Waals surface area contributed by atoms with Crippen LogP contribution in [0.15, 0.2) is 30.3 Å². The molecule has 7 nitrogen and oxygen atoms in total. The molecule has 3 rings (SSSR count). The van der Waals surface area contributed by atoms with Gasteiger partial charge in [0.2, 0.25) is 0 Å². The van der Waals surface area contributed by atoms with Crippen LogP contribution in [0, 0.1) is 11.6 Å². The van der Waals surface area contributed by atoms with Crippen molar-refractivity contribution in [3.8, 4) is 0 Å². The summed E-state index contributed by atoms with van der Waals surface area (Å²) < 4.78 is 26.6. The lowest BCUT2D eigenvalue weighted by molar-refractivity contribution is 0.0780. The van der Waals surface area contributed by atoms with Crippen molar-refractivity contribution in [2.75, 3.05) is 25.5 Å². The van der Waals surface area contributed by atoms with Crippen molar-refractivity contribution in [3.63, 3.8) is 0 Å². The number of aromatic nitrogens is 1. The van der Waals surface area contributed by atoms with Crippen LogP contribution in [0.5, 0.6) is 0 Å². The molecule has 0 saturated carbocycles. The summed E-state index contributed by atoms with van der Waals surface area (Å²) in [6.45, 7) is 1.18. The number of pyridine rings is 1. The number of rotatable bonds is 6. The average Bonchev–Trinajstić information content (AvgIpc) is 2.96. The highest BCUT2D eigenvalue weighted by atomic mass is 19.1. The Kier molecular flexibility index (Phi) is 5.49. The van der Waals surface area contributed by atoms with Crippen molar-refractivity contribution >= 4 is 17.8 Å². The molecule has 27 heavy (non-hydrogen) atoms. The molecule has 1 aromatic carbocycles. The van der Waals surface area contributed by atoms with E-state index in [0.29, 0.717) is 42.3 Å². The van der Waals surface area contributed by atoms with Gasteiger partial charge in [-0.1, -0.05) is 6.07 Å². The standard InChI is InChI=1S/C18H19F2N5O2/c1-21-18(27)22-6-7-25-10-15-13(17(25)26)4-5-16(24-15)23-9-11-2-3-12(19)8-14(11)20/h2-5,8H,6-7,9-10H2,1H3,(H,23,24)(H2,21,22,27). The fraction of sp³-hybridized carbons (Fsp3) is 0.278. The molecule has 1 aromatic heterocycles. The highest BCUT2D eigenvalue weighted by molar-refractivity contribution is 5.98. The molecule has 0 saturated heterocycles. The van der Waals surface area contributed by atoms with Crippen LogP contribution in [0.3, 0.4) is 0 Å². The third kappa shape index (κ3) is 4.30. The molecule has 0 bridgehead atoms. The molecule has 2 aromatic rings. The third-order valence-corrected chi connectivity index (χ3v) is 4.20. The van der Waals surface area contributed by atoms with Crippen LogP contribution in [0.4, 0.5) is 19.4 Å². The number of benzene rings is 1. The maximum Gasteiger partial charge on any atom is 0.314 e. The second kappa shape index (κ2) is 7.98. The van der Waals surface area contributed by atoms with Crippen LogP contribution in [-0.2, 0) is 13.1 Å². The van der Waals surface area contributed by atoms with Crippen molar-refractivity contribution in [3.05, 3.63) is 58.8 Å². The Hall–Kier alpha value is -3.23. The SMILES string of the molecule is CNC(=O)NCCN1Cc2nc(NCc3ccc(F)cc3F)ccc2C1=O. The van der Waals surface area contributed by atoms with Gasteiger partial charge in [0.1, 0.15) is 17.5 Å². The monoisotopic (exact) mass is 375 g/mol.